The maximum Gasteiger partial charge on any atom is 0.315 e. The highest BCUT2D eigenvalue weighted by Crippen LogP contribution is 2.34. The number of carbonyl (C=O) groups is 2. The second-order valence-corrected chi connectivity index (χ2v) is 8.48. The van der Waals surface area contributed by atoms with Crippen molar-refractivity contribution in [1.29, 1.82) is 0 Å². The highest BCUT2D eigenvalue weighted by atomic mass is 79.9. The quantitative estimate of drug-likeness (QED) is 0.509. The van der Waals surface area contributed by atoms with Crippen LogP contribution >= 0.6 is 27.3 Å². The summed E-state index contributed by atoms with van der Waals surface area (Å²) < 4.78 is 8.33. The highest BCUT2D eigenvalue weighted by Gasteiger charge is 2.32. The van der Waals surface area contributed by atoms with Crippen LogP contribution in [0.4, 0.5) is 0 Å². The average Bonchev–Trinajstić information content (AvgIpc) is 3.03. The summed E-state index contributed by atoms with van der Waals surface area (Å²) in [7, 11) is 0. The third kappa shape index (κ3) is 3.60. The van der Waals surface area contributed by atoms with Crippen molar-refractivity contribution >= 4 is 39.0 Å². The number of carbonyl (C=O) groups excluding carboxylic acids is 2. The van der Waals surface area contributed by atoms with Crippen LogP contribution in [-0.4, -0.2) is 22.4 Å². The number of fused-ring (bicyclic) bond motifs is 1. The van der Waals surface area contributed by atoms with E-state index in [1.165, 1.54) is 11.3 Å². The second kappa shape index (κ2) is 7.46. The molecule has 4 nitrogen and oxygen atoms in total. The number of nitrogens with zero attached hydrogens (tertiary/aromatic N) is 1. The Hall–Kier alpha value is -1.40. The molecule has 0 fully saturated rings. The molecule has 1 unspecified atom stereocenters. The van der Waals surface area contributed by atoms with Crippen molar-refractivity contribution in [3.8, 4) is 0 Å². The van der Waals surface area contributed by atoms with E-state index in [1.807, 2.05) is 42.9 Å². The van der Waals surface area contributed by atoms with Crippen molar-refractivity contribution < 1.29 is 14.3 Å². The van der Waals surface area contributed by atoms with Gasteiger partial charge in [-0.3, -0.25) is 9.59 Å². The Kier molecular flexibility index (Phi) is 5.49. The molecule has 1 atom stereocenters. The van der Waals surface area contributed by atoms with Gasteiger partial charge in [0.25, 0.3) is 0 Å². The molecule has 0 spiro atoms. The van der Waals surface area contributed by atoms with Crippen LogP contribution in [0.5, 0.6) is 0 Å². The molecule has 0 saturated heterocycles. The molecule has 0 amide bonds. The number of ketones is 1. The molecule has 134 valence electrons. The van der Waals surface area contributed by atoms with Crippen molar-refractivity contribution in [2.75, 3.05) is 0 Å². The molecule has 6 heteroatoms. The van der Waals surface area contributed by atoms with Crippen molar-refractivity contribution in [3.05, 3.63) is 43.8 Å². The first-order valence-corrected chi connectivity index (χ1v) is 10.3. The Bertz CT molecular complexity index is 806. The molecule has 0 saturated carbocycles. The molecule has 0 bridgehead atoms. The standard InChI is InChI=1S/C19H22BrNO3S/c1-11(2)24-19(23)13-6-4-5-8-21-15(13)10-12(3)16(21)17(22)18-14(20)7-9-25-18/h7,9-11,13H,4-6,8H2,1-3H3. The molecule has 3 rings (SSSR count). The van der Waals surface area contributed by atoms with Crippen LogP contribution in [0.2, 0.25) is 0 Å². The maximum absolute atomic E-state index is 13.1. The number of aromatic nitrogens is 1. The summed E-state index contributed by atoms with van der Waals surface area (Å²) in [6.07, 6.45) is 2.54. The first-order valence-electron chi connectivity index (χ1n) is 8.58. The summed E-state index contributed by atoms with van der Waals surface area (Å²) in [6, 6.07) is 3.88. The molecule has 1 aliphatic heterocycles. The van der Waals surface area contributed by atoms with Gasteiger partial charge >= 0.3 is 5.97 Å². The lowest BCUT2D eigenvalue weighted by Crippen LogP contribution is -2.21. The second-order valence-electron chi connectivity index (χ2n) is 6.71. The lowest BCUT2D eigenvalue weighted by atomic mass is 9.99. The minimum absolute atomic E-state index is 0.0171. The maximum atomic E-state index is 13.1. The van der Waals surface area contributed by atoms with Gasteiger partial charge in [-0.2, -0.15) is 0 Å². The molecule has 1 aliphatic rings. The van der Waals surface area contributed by atoms with Crippen LogP contribution in [0.1, 0.15) is 65.7 Å². The Labute approximate surface area is 160 Å². The predicted octanol–water partition coefficient (Wildman–Crippen LogP) is 5.07. The number of esters is 1. The van der Waals surface area contributed by atoms with E-state index in [9.17, 15) is 9.59 Å². The smallest absolute Gasteiger partial charge is 0.315 e. The number of thiophene rings is 1. The van der Waals surface area contributed by atoms with Crippen LogP contribution in [0.3, 0.4) is 0 Å². The average molecular weight is 424 g/mol. The first kappa shape index (κ1) is 18.4. The summed E-state index contributed by atoms with van der Waals surface area (Å²) in [5.74, 6) is -0.465. The Morgan fingerprint density at radius 1 is 1.36 bits per heavy atom. The topological polar surface area (TPSA) is 48.3 Å². The minimum atomic E-state index is -0.295. The number of ether oxygens (including phenoxy) is 1. The Morgan fingerprint density at radius 2 is 2.12 bits per heavy atom. The van der Waals surface area contributed by atoms with Crippen LogP contribution in [0.15, 0.2) is 22.0 Å². The summed E-state index contributed by atoms with van der Waals surface area (Å²) in [5, 5.41) is 1.90. The van der Waals surface area contributed by atoms with Gasteiger partial charge in [0.15, 0.2) is 0 Å². The molecule has 0 N–H and O–H groups in total. The van der Waals surface area contributed by atoms with Crippen LogP contribution in [0.25, 0.3) is 0 Å². The summed E-state index contributed by atoms with van der Waals surface area (Å²) in [6.45, 7) is 6.43. The SMILES string of the molecule is Cc1cc2n(c1C(=O)c1sccc1Br)CCCCC2C(=O)OC(C)C. The van der Waals surface area contributed by atoms with Gasteiger partial charge in [-0.05, 0) is 72.6 Å². The van der Waals surface area contributed by atoms with Crippen molar-refractivity contribution in [2.45, 2.75) is 58.6 Å². The zero-order valence-electron chi connectivity index (χ0n) is 14.7. The summed E-state index contributed by atoms with van der Waals surface area (Å²) in [4.78, 5) is 26.4. The zero-order valence-corrected chi connectivity index (χ0v) is 17.1. The molecule has 2 aromatic heterocycles. The number of halogens is 1. The molecule has 2 aromatic rings. The summed E-state index contributed by atoms with van der Waals surface area (Å²) >= 11 is 4.89. The van der Waals surface area contributed by atoms with E-state index < -0.39 is 0 Å². The largest absolute Gasteiger partial charge is 0.462 e. The lowest BCUT2D eigenvalue weighted by molar-refractivity contribution is -0.149. The van der Waals surface area contributed by atoms with E-state index in [1.54, 1.807) is 0 Å². The predicted molar refractivity (Wildman–Crippen MR) is 102 cm³/mol. The number of aryl methyl sites for hydroxylation is 1. The van der Waals surface area contributed by atoms with E-state index in [4.69, 9.17) is 4.74 Å². The molecule has 0 radical (unpaired) electrons. The van der Waals surface area contributed by atoms with Crippen LogP contribution < -0.4 is 0 Å². The molecular weight excluding hydrogens is 402 g/mol. The molecular formula is C19H22BrNO3S. The van der Waals surface area contributed by atoms with Gasteiger partial charge in [-0.15, -0.1) is 11.3 Å². The van der Waals surface area contributed by atoms with E-state index in [0.29, 0.717) is 10.6 Å². The van der Waals surface area contributed by atoms with E-state index in [0.717, 1.165) is 41.5 Å². The van der Waals surface area contributed by atoms with Gasteiger partial charge in [-0.25, -0.2) is 0 Å². The molecule has 0 aliphatic carbocycles. The third-order valence-corrected chi connectivity index (χ3v) is 6.31. The molecule has 0 aromatic carbocycles. The first-order chi connectivity index (χ1) is 11.9. The third-order valence-electron chi connectivity index (χ3n) is 4.48. The Balaban J connectivity index is 2.04. The van der Waals surface area contributed by atoms with E-state index >= 15 is 0 Å². The summed E-state index contributed by atoms with van der Waals surface area (Å²) in [5.41, 5.74) is 2.53. The van der Waals surface area contributed by atoms with Gasteiger partial charge in [0.05, 0.1) is 22.6 Å². The number of hydrogen-bond acceptors (Lipinski definition) is 4. The van der Waals surface area contributed by atoms with Crippen LogP contribution in [-0.2, 0) is 16.1 Å². The number of rotatable bonds is 4. The zero-order chi connectivity index (χ0) is 18.1. The van der Waals surface area contributed by atoms with Crippen molar-refractivity contribution in [2.24, 2.45) is 0 Å². The normalized spacial score (nSPS) is 17.2. The van der Waals surface area contributed by atoms with Gasteiger partial charge in [0.2, 0.25) is 5.78 Å². The van der Waals surface area contributed by atoms with Gasteiger partial charge in [-0.1, -0.05) is 6.42 Å². The lowest BCUT2D eigenvalue weighted by Gasteiger charge is -2.17. The minimum Gasteiger partial charge on any atom is -0.462 e. The van der Waals surface area contributed by atoms with Crippen LogP contribution in [0, 0.1) is 6.92 Å². The van der Waals surface area contributed by atoms with Gasteiger partial charge < -0.3 is 9.30 Å². The Morgan fingerprint density at radius 3 is 2.76 bits per heavy atom. The van der Waals surface area contributed by atoms with Gasteiger partial charge in [0, 0.05) is 16.7 Å². The van der Waals surface area contributed by atoms with Crippen molar-refractivity contribution in [1.82, 2.24) is 4.57 Å². The number of hydrogen-bond donors (Lipinski definition) is 0. The van der Waals surface area contributed by atoms with Crippen molar-refractivity contribution in [3.63, 3.8) is 0 Å². The van der Waals surface area contributed by atoms with E-state index in [-0.39, 0.29) is 23.8 Å². The van der Waals surface area contributed by atoms with Gasteiger partial charge in [0.1, 0.15) is 0 Å². The highest BCUT2D eigenvalue weighted by molar-refractivity contribution is 9.10. The fourth-order valence-corrected chi connectivity index (χ4v) is 4.92. The molecule has 3 heterocycles. The monoisotopic (exact) mass is 423 g/mol. The fourth-order valence-electron chi connectivity index (χ4n) is 3.42. The van der Waals surface area contributed by atoms with E-state index in [2.05, 4.69) is 15.9 Å². The fraction of sp³-hybridized carbons (Fsp3) is 0.474. The molecule has 25 heavy (non-hydrogen) atoms.